The van der Waals surface area contributed by atoms with Crippen molar-refractivity contribution in [3.8, 4) is 0 Å². The van der Waals surface area contributed by atoms with Gasteiger partial charge in [0, 0.05) is 40.8 Å². The number of halogens is 1. The van der Waals surface area contributed by atoms with Gasteiger partial charge in [-0.2, -0.15) is 0 Å². The van der Waals surface area contributed by atoms with Crippen LogP contribution in [0.5, 0.6) is 0 Å². The smallest absolute Gasteiger partial charge is 0.338 e. The Bertz CT molecular complexity index is 1290. The molecule has 1 aromatic heterocycles. The standard InChI is InChI=1S/C25H25ClN4O5/c1-2-35-24(33)15-4-3-5-18(12-15)28-22(31)9-8-21-23(32)30(25(34)29-21)11-10-16-14-27-20-7-6-17(26)13-19(16)20/h3-7,12-14,21,27H,2,8-11H2,1H3,(H,28,31)(H,29,34). The third-order valence-corrected chi connectivity index (χ3v) is 5.99. The van der Waals surface area contributed by atoms with Crippen LogP contribution in [0, 0.1) is 0 Å². The molecule has 2 aromatic carbocycles. The molecule has 4 amide bonds. The summed E-state index contributed by atoms with van der Waals surface area (Å²) in [6.07, 6.45) is 2.50. The van der Waals surface area contributed by atoms with Crippen LogP contribution in [-0.4, -0.2) is 52.9 Å². The molecule has 3 N–H and O–H groups in total. The average Bonchev–Trinajstić information content (AvgIpc) is 3.35. The minimum absolute atomic E-state index is 0.0229. The van der Waals surface area contributed by atoms with Gasteiger partial charge in [0.2, 0.25) is 5.91 Å². The van der Waals surface area contributed by atoms with Gasteiger partial charge < -0.3 is 20.4 Å². The van der Waals surface area contributed by atoms with Gasteiger partial charge in [-0.3, -0.25) is 14.5 Å². The molecular formula is C25H25ClN4O5. The van der Waals surface area contributed by atoms with Crippen LogP contribution in [0.3, 0.4) is 0 Å². The second kappa shape index (κ2) is 10.6. The Morgan fingerprint density at radius 2 is 2.00 bits per heavy atom. The zero-order valence-corrected chi connectivity index (χ0v) is 19.9. The Labute approximate surface area is 206 Å². The maximum absolute atomic E-state index is 12.8. The lowest BCUT2D eigenvalue weighted by Gasteiger charge is -2.13. The number of hydrogen-bond acceptors (Lipinski definition) is 5. The van der Waals surface area contributed by atoms with E-state index in [1.54, 1.807) is 31.2 Å². The van der Waals surface area contributed by atoms with Crippen LogP contribution in [0.25, 0.3) is 10.9 Å². The van der Waals surface area contributed by atoms with Crippen LogP contribution in [-0.2, 0) is 20.7 Å². The molecule has 0 spiro atoms. The SMILES string of the molecule is CCOC(=O)c1cccc(NC(=O)CCC2NC(=O)N(CCc3c[nH]c4ccc(Cl)cc34)C2=O)c1. The van der Waals surface area contributed by atoms with E-state index in [0.29, 0.717) is 22.7 Å². The molecule has 35 heavy (non-hydrogen) atoms. The third kappa shape index (κ3) is 5.63. The molecule has 9 nitrogen and oxygen atoms in total. The fourth-order valence-corrected chi connectivity index (χ4v) is 4.18. The summed E-state index contributed by atoms with van der Waals surface area (Å²) in [5.74, 6) is -1.16. The van der Waals surface area contributed by atoms with Crippen molar-refractivity contribution in [3.05, 3.63) is 64.8 Å². The van der Waals surface area contributed by atoms with Crippen LogP contribution in [0.1, 0.15) is 35.7 Å². The monoisotopic (exact) mass is 496 g/mol. The highest BCUT2D eigenvalue weighted by Crippen LogP contribution is 2.23. The van der Waals surface area contributed by atoms with Crippen LogP contribution < -0.4 is 10.6 Å². The molecule has 2 heterocycles. The molecular weight excluding hydrogens is 472 g/mol. The molecule has 0 saturated carbocycles. The van der Waals surface area contributed by atoms with Crippen molar-refractivity contribution in [1.29, 1.82) is 0 Å². The van der Waals surface area contributed by atoms with Crippen molar-refractivity contribution in [2.24, 2.45) is 0 Å². The van der Waals surface area contributed by atoms with Gasteiger partial charge in [-0.1, -0.05) is 17.7 Å². The number of imide groups is 1. The molecule has 1 unspecified atom stereocenters. The Morgan fingerprint density at radius 3 is 2.80 bits per heavy atom. The van der Waals surface area contributed by atoms with Gasteiger partial charge in [-0.25, -0.2) is 9.59 Å². The van der Waals surface area contributed by atoms with Gasteiger partial charge in [0.15, 0.2) is 0 Å². The van der Waals surface area contributed by atoms with Gasteiger partial charge >= 0.3 is 12.0 Å². The van der Waals surface area contributed by atoms with Crippen molar-refractivity contribution in [2.45, 2.75) is 32.2 Å². The van der Waals surface area contributed by atoms with Crippen LogP contribution in [0.15, 0.2) is 48.7 Å². The van der Waals surface area contributed by atoms with E-state index in [2.05, 4.69) is 15.6 Å². The van der Waals surface area contributed by atoms with E-state index < -0.39 is 18.0 Å². The molecule has 0 bridgehead atoms. The number of fused-ring (bicyclic) bond motifs is 1. The van der Waals surface area contributed by atoms with Crippen molar-refractivity contribution in [3.63, 3.8) is 0 Å². The number of carbonyl (C=O) groups is 4. The van der Waals surface area contributed by atoms with Crippen molar-refractivity contribution in [2.75, 3.05) is 18.5 Å². The largest absolute Gasteiger partial charge is 0.462 e. The second-order valence-corrected chi connectivity index (χ2v) is 8.57. The molecule has 1 fully saturated rings. The maximum atomic E-state index is 12.8. The number of rotatable bonds is 9. The number of carbonyl (C=O) groups excluding carboxylic acids is 4. The number of aromatic nitrogens is 1. The summed E-state index contributed by atoms with van der Waals surface area (Å²) in [5.41, 5.74) is 2.66. The van der Waals surface area contributed by atoms with E-state index in [0.717, 1.165) is 16.5 Å². The highest BCUT2D eigenvalue weighted by molar-refractivity contribution is 6.31. The maximum Gasteiger partial charge on any atom is 0.338 e. The van der Waals surface area contributed by atoms with E-state index in [-0.39, 0.29) is 37.8 Å². The van der Waals surface area contributed by atoms with Crippen LogP contribution in [0.4, 0.5) is 10.5 Å². The lowest BCUT2D eigenvalue weighted by atomic mass is 10.1. The first kappa shape index (κ1) is 24.3. The number of benzene rings is 2. The summed E-state index contributed by atoms with van der Waals surface area (Å²) in [7, 11) is 0. The summed E-state index contributed by atoms with van der Waals surface area (Å²) < 4.78 is 4.96. The molecule has 10 heteroatoms. The molecule has 1 saturated heterocycles. The number of nitrogens with one attached hydrogen (secondary N) is 3. The predicted octanol–water partition coefficient (Wildman–Crippen LogP) is 3.88. The topological polar surface area (TPSA) is 121 Å². The molecule has 0 aliphatic carbocycles. The second-order valence-electron chi connectivity index (χ2n) is 8.13. The fraction of sp³-hybridized carbons (Fsp3) is 0.280. The Hall–Kier alpha value is -3.85. The van der Waals surface area contributed by atoms with Gasteiger partial charge in [-0.15, -0.1) is 0 Å². The Balaban J connectivity index is 1.30. The van der Waals surface area contributed by atoms with Crippen molar-refractivity contribution in [1.82, 2.24) is 15.2 Å². The summed E-state index contributed by atoms with van der Waals surface area (Å²) in [4.78, 5) is 53.8. The number of aromatic amines is 1. The average molecular weight is 497 g/mol. The van der Waals surface area contributed by atoms with Gasteiger partial charge in [0.25, 0.3) is 5.91 Å². The van der Waals surface area contributed by atoms with Crippen molar-refractivity contribution >= 4 is 52.0 Å². The quantitative estimate of drug-likeness (QED) is 0.306. The number of nitrogens with zero attached hydrogens (tertiary/aromatic N) is 1. The first-order valence-electron chi connectivity index (χ1n) is 11.3. The number of hydrogen-bond donors (Lipinski definition) is 3. The van der Waals surface area contributed by atoms with E-state index >= 15 is 0 Å². The van der Waals surface area contributed by atoms with Gasteiger partial charge in [0.05, 0.1) is 12.2 Å². The summed E-state index contributed by atoms with van der Waals surface area (Å²) in [6, 6.07) is 10.7. The van der Waals surface area contributed by atoms with E-state index in [1.165, 1.54) is 11.0 Å². The minimum Gasteiger partial charge on any atom is -0.462 e. The zero-order valence-electron chi connectivity index (χ0n) is 19.1. The molecule has 182 valence electrons. The Morgan fingerprint density at radius 1 is 1.17 bits per heavy atom. The van der Waals surface area contributed by atoms with E-state index in [4.69, 9.17) is 16.3 Å². The lowest BCUT2D eigenvalue weighted by molar-refractivity contribution is -0.127. The molecule has 4 rings (SSSR count). The summed E-state index contributed by atoms with van der Waals surface area (Å²) >= 11 is 6.09. The number of anilines is 1. The predicted molar refractivity (Wildman–Crippen MR) is 131 cm³/mol. The highest BCUT2D eigenvalue weighted by Gasteiger charge is 2.37. The molecule has 3 aromatic rings. The first-order chi connectivity index (χ1) is 16.9. The Kier molecular flexibility index (Phi) is 7.36. The van der Waals surface area contributed by atoms with Gasteiger partial charge in [-0.05, 0) is 61.7 Å². The van der Waals surface area contributed by atoms with Crippen LogP contribution in [0.2, 0.25) is 5.02 Å². The van der Waals surface area contributed by atoms with Crippen molar-refractivity contribution < 1.29 is 23.9 Å². The van der Waals surface area contributed by atoms with Gasteiger partial charge in [0.1, 0.15) is 6.04 Å². The number of urea groups is 1. The van der Waals surface area contributed by atoms with E-state index in [1.807, 2.05) is 18.3 Å². The molecule has 1 aliphatic heterocycles. The number of esters is 1. The molecule has 1 aliphatic rings. The lowest BCUT2D eigenvalue weighted by Crippen LogP contribution is -2.33. The molecule has 0 radical (unpaired) electrons. The van der Waals surface area contributed by atoms with E-state index in [9.17, 15) is 19.2 Å². The normalized spacial score (nSPS) is 15.4. The fourth-order valence-electron chi connectivity index (χ4n) is 4.01. The number of ether oxygens (including phenoxy) is 1. The highest BCUT2D eigenvalue weighted by atomic mass is 35.5. The molecule has 1 atom stereocenters. The zero-order chi connectivity index (χ0) is 24.9. The number of amides is 4. The minimum atomic E-state index is -0.767. The summed E-state index contributed by atoms with van der Waals surface area (Å²) in [6.45, 7) is 2.18. The summed E-state index contributed by atoms with van der Waals surface area (Å²) in [5, 5.41) is 6.92. The third-order valence-electron chi connectivity index (χ3n) is 5.76. The van der Waals surface area contributed by atoms with Crippen LogP contribution >= 0.6 is 11.6 Å². The number of H-pyrrole nitrogens is 1. The first-order valence-corrected chi connectivity index (χ1v) is 11.7.